The van der Waals surface area contributed by atoms with Crippen LogP contribution in [-0.2, 0) is 9.53 Å². The van der Waals surface area contributed by atoms with Gasteiger partial charge in [-0.2, -0.15) is 0 Å². The molecule has 2 aliphatic heterocycles. The molecule has 1 aromatic carbocycles. The van der Waals surface area contributed by atoms with Crippen LogP contribution in [0.5, 0.6) is 5.75 Å². The van der Waals surface area contributed by atoms with Crippen molar-refractivity contribution in [2.75, 3.05) is 64.9 Å². The van der Waals surface area contributed by atoms with Crippen LogP contribution in [0, 0.1) is 0 Å². The van der Waals surface area contributed by atoms with E-state index in [1.54, 1.807) is 0 Å². The van der Waals surface area contributed by atoms with Gasteiger partial charge in [0.05, 0.1) is 19.8 Å². The van der Waals surface area contributed by atoms with Crippen molar-refractivity contribution < 1.29 is 14.3 Å². The highest BCUT2D eigenvalue weighted by atomic mass is 16.5. The zero-order chi connectivity index (χ0) is 19.8. The van der Waals surface area contributed by atoms with E-state index in [0.717, 1.165) is 63.2 Å². The average molecular weight is 390 g/mol. The minimum Gasteiger partial charge on any atom is -0.492 e. The smallest absolute Gasteiger partial charge is 0.221 e. The third-order valence-corrected chi connectivity index (χ3v) is 5.05. The number of carbonyl (C=O) groups is 1. The Bertz CT molecular complexity index is 676. The van der Waals surface area contributed by atoms with E-state index in [1.165, 1.54) is 6.92 Å². The molecular formula is C20H31N5O3. The number of anilines is 1. The van der Waals surface area contributed by atoms with Crippen molar-refractivity contribution in [1.82, 2.24) is 15.1 Å². The second kappa shape index (κ2) is 10.3. The number of amides is 1. The number of rotatable bonds is 6. The van der Waals surface area contributed by atoms with E-state index in [2.05, 4.69) is 25.4 Å². The second-order valence-corrected chi connectivity index (χ2v) is 7.07. The fourth-order valence-corrected chi connectivity index (χ4v) is 3.71. The lowest BCUT2D eigenvalue weighted by Crippen LogP contribution is -2.47. The molecule has 28 heavy (non-hydrogen) atoms. The number of nitrogens with zero attached hydrogens (tertiary/aromatic N) is 3. The Labute approximate surface area is 166 Å². The molecule has 2 aliphatic rings. The predicted molar refractivity (Wildman–Crippen MR) is 110 cm³/mol. The summed E-state index contributed by atoms with van der Waals surface area (Å²) in [6.07, 6.45) is 1.16. The van der Waals surface area contributed by atoms with Gasteiger partial charge in [-0.25, -0.2) is 0 Å². The van der Waals surface area contributed by atoms with E-state index >= 15 is 0 Å². The lowest BCUT2D eigenvalue weighted by molar-refractivity contribution is -0.114. The standard InChI is InChI=1S/C20H31N5O3/c1-16(26)23-17-4-3-5-19(14-17)28-11-7-22-20(21-2)25-8-6-18(15-25)24-9-12-27-13-10-24/h3-5,14,18H,6-13,15H2,1-2H3,(H,21,22)(H,23,26). The molecule has 0 bridgehead atoms. The third kappa shape index (κ3) is 5.84. The van der Waals surface area contributed by atoms with Gasteiger partial charge in [0.25, 0.3) is 0 Å². The lowest BCUT2D eigenvalue weighted by Gasteiger charge is -2.32. The van der Waals surface area contributed by atoms with Crippen LogP contribution in [0.1, 0.15) is 13.3 Å². The van der Waals surface area contributed by atoms with Gasteiger partial charge in [0.2, 0.25) is 5.91 Å². The summed E-state index contributed by atoms with van der Waals surface area (Å²) in [7, 11) is 1.82. The Morgan fingerprint density at radius 3 is 2.89 bits per heavy atom. The SMILES string of the molecule is CN=C(NCCOc1cccc(NC(C)=O)c1)N1CCC(N2CCOCC2)C1. The van der Waals surface area contributed by atoms with Gasteiger partial charge < -0.3 is 25.0 Å². The van der Waals surface area contributed by atoms with Crippen molar-refractivity contribution in [3.8, 4) is 5.75 Å². The highest BCUT2D eigenvalue weighted by molar-refractivity contribution is 5.88. The monoisotopic (exact) mass is 389 g/mol. The molecule has 3 rings (SSSR count). The van der Waals surface area contributed by atoms with Crippen molar-refractivity contribution in [3.63, 3.8) is 0 Å². The number of likely N-dealkylation sites (tertiary alicyclic amines) is 1. The van der Waals surface area contributed by atoms with Gasteiger partial charge in [0.15, 0.2) is 5.96 Å². The van der Waals surface area contributed by atoms with E-state index in [1.807, 2.05) is 31.3 Å². The third-order valence-electron chi connectivity index (χ3n) is 5.05. The minimum absolute atomic E-state index is 0.0939. The Morgan fingerprint density at radius 1 is 1.32 bits per heavy atom. The summed E-state index contributed by atoms with van der Waals surface area (Å²) in [6, 6.07) is 7.99. The van der Waals surface area contributed by atoms with Crippen molar-refractivity contribution in [2.24, 2.45) is 4.99 Å². The van der Waals surface area contributed by atoms with Crippen LogP contribution in [0.25, 0.3) is 0 Å². The van der Waals surface area contributed by atoms with E-state index in [-0.39, 0.29) is 5.91 Å². The molecule has 2 N–H and O–H groups in total. The van der Waals surface area contributed by atoms with Crippen LogP contribution in [0.2, 0.25) is 0 Å². The Kier molecular flexibility index (Phi) is 7.50. The van der Waals surface area contributed by atoms with Crippen molar-refractivity contribution in [3.05, 3.63) is 24.3 Å². The number of benzene rings is 1. The molecule has 1 unspecified atom stereocenters. The highest BCUT2D eigenvalue weighted by Crippen LogP contribution is 2.18. The van der Waals surface area contributed by atoms with Crippen LogP contribution in [-0.4, -0.2) is 87.3 Å². The molecule has 1 amide bonds. The largest absolute Gasteiger partial charge is 0.492 e. The Balaban J connectivity index is 1.40. The summed E-state index contributed by atoms with van der Waals surface area (Å²) >= 11 is 0. The molecule has 2 saturated heterocycles. The summed E-state index contributed by atoms with van der Waals surface area (Å²) in [5, 5.41) is 6.15. The maximum atomic E-state index is 11.2. The molecule has 154 valence electrons. The second-order valence-electron chi connectivity index (χ2n) is 7.07. The first kappa shape index (κ1) is 20.4. The Hall–Kier alpha value is -2.32. The van der Waals surface area contributed by atoms with Gasteiger partial charge in [0.1, 0.15) is 12.4 Å². The normalized spacial score (nSPS) is 20.9. The molecule has 2 fully saturated rings. The molecule has 0 spiro atoms. The Morgan fingerprint density at radius 2 is 2.14 bits per heavy atom. The molecule has 0 aliphatic carbocycles. The van der Waals surface area contributed by atoms with Crippen molar-refractivity contribution in [1.29, 1.82) is 0 Å². The topological polar surface area (TPSA) is 78.4 Å². The van der Waals surface area contributed by atoms with Gasteiger partial charge in [-0.3, -0.25) is 14.7 Å². The zero-order valence-corrected chi connectivity index (χ0v) is 16.8. The first-order chi connectivity index (χ1) is 13.7. The summed E-state index contributed by atoms with van der Waals surface area (Å²) in [4.78, 5) is 20.4. The number of guanidine groups is 1. The van der Waals surface area contributed by atoms with E-state index in [9.17, 15) is 4.79 Å². The lowest BCUT2D eigenvalue weighted by atomic mass is 10.2. The number of nitrogens with one attached hydrogen (secondary N) is 2. The van der Waals surface area contributed by atoms with Gasteiger partial charge in [0, 0.05) is 57.9 Å². The quantitative estimate of drug-likeness (QED) is 0.430. The first-order valence-electron chi connectivity index (χ1n) is 9.93. The number of carbonyl (C=O) groups excluding carboxylic acids is 1. The fraction of sp³-hybridized carbons (Fsp3) is 0.600. The maximum absolute atomic E-state index is 11.2. The number of hydrogen-bond donors (Lipinski definition) is 2. The minimum atomic E-state index is -0.0939. The first-order valence-corrected chi connectivity index (χ1v) is 9.93. The average Bonchev–Trinajstić information content (AvgIpc) is 3.18. The van der Waals surface area contributed by atoms with Gasteiger partial charge in [-0.05, 0) is 18.6 Å². The molecule has 8 nitrogen and oxygen atoms in total. The number of morpholine rings is 1. The highest BCUT2D eigenvalue weighted by Gasteiger charge is 2.30. The molecule has 1 atom stereocenters. The molecular weight excluding hydrogens is 358 g/mol. The van der Waals surface area contributed by atoms with Crippen LogP contribution >= 0.6 is 0 Å². The van der Waals surface area contributed by atoms with Crippen LogP contribution < -0.4 is 15.4 Å². The number of ether oxygens (including phenoxy) is 2. The van der Waals surface area contributed by atoms with Crippen LogP contribution in [0.4, 0.5) is 5.69 Å². The summed E-state index contributed by atoms with van der Waals surface area (Å²) in [6.45, 7) is 8.41. The molecule has 8 heteroatoms. The van der Waals surface area contributed by atoms with E-state index < -0.39 is 0 Å². The summed E-state index contributed by atoms with van der Waals surface area (Å²) < 4.78 is 11.2. The fourth-order valence-electron chi connectivity index (χ4n) is 3.71. The van der Waals surface area contributed by atoms with E-state index in [4.69, 9.17) is 9.47 Å². The molecule has 2 heterocycles. The van der Waals surface area contributed by atoms with Gasteiger partial charge in [-0.1, -0.05) is 6.07 Å². The molecule has 0 saturated carbocycles. The molecule has 0 radical (unpaired) electrons. The van der Waals surface area contributed by atoms with Crippen molar-refractivity contribution >= 4 is 17.6 Å². The maximum Gasteiger partial charge on any atom is 0.221 e. The van der Waals surface area contributed by atoms with Crippen LogP contribution in [0.15, 0.2) is 29.3 Å². The zero-order valence-electron chi connectivity index (χ0n) is 16.8. The number of hydrogen-bond acceptors (Lipinski definition) is 5. The van der Waals surface area contributed by atoms with Crippen molar-refractivity contribution in [2.45, 2.75) is 19.4 Å². The predicted octanol–water partition coefficient (Wildman–Crippen LogP) is 1.01. The van der Waals surface area contributed by atoms with Gasteiger partial charge >= 0.3 is 0 Å². The summed E-state index contributed by atoms with van der Waals surface area (Å²) in [5.41, 5.74) is 0.736. The molecule has 1 aromatic rings. The molecule has 0 aromatic heterocycles. The van der Waals surface area contributed by atoms with E-state index in [0.29, 0.717) is 19.2 Å². The van der Waals surface area contributed by atoms with Crippen LogP contribution in [0.3, 0.4) is 0 Å². The summed E-state index contributed by atoms with van der Waals surface area (Å²) in [5.74, 6) is 1.56. The number of aliphatic imine (C=N–C) groups is 1. The van der Waals surface area contributed by atoms with Gasteiger partial charge in [-0.15, -0.1) is 0 Å².